The number of nitrogens with one attached hydrogen (secondary N) is 2. The van der Waals surface area contributed by atoms with Gasteiger partial charge in [-0.2, -0.15) is 0 Å². The number of rotatable bonds is 12. The van der Waals surface area contributed by atoms with Crippen molar-refractivity contribution in [1.29, 1.82) is 0 Å². The number of carbonyl (C=O) groups is 4. The van der Waals surface area contributed by atoms with Crippen molar-refractivity contribution in [2.24, 2.45) is 0 Å². The molecule has 0 heterocycles. The van der Waals surface area contributed by atoms with Gasteiger partial charge >= 0.3 is 12.1 Å². The molecule has 0 bridgehead atoms. The minimum atomic E-state index is -1.28. The number of benzene rings is 1. The van der Waals surface area contributed by atoms with E-state index in [0.29, 0.717) is 19.4 Å². The van der Waals surface area contributed by atoms with Gasteiger partial charge in [0.2, 0.25) is 5.91 Å². The lowest BCUT2D eigenvalue weighted by atomic mass is 9.99. The van der Waals surface area contributed by atoms with Crippen molar-refractivity contribution < 1.29 is 29.0 Å². The second-order valence-corrected chi connectivity index (χ2v) is 9.60. The Morgan fingerprint density at radius 1 is 1.12 bits per heavy atom. The summed E-state index contributed by atoms with van der Waals surface area (Å²) in [5.41, 5.74) is 0.0354. The standard InChI is InChI=1S/C22H32IN3O6/c1-22(2,3)32-21(31)26(14-20(29)30)13-19(28)25-17(18(27)6-5-11-24-4)12-15-7-9-16(23)10-8-15/h7-10,17,24H,5-6,11-14H2,1-4H3,(H,25,28)(H,29,30). The van der Waals surface area contributed by atoms with Crippen LogP contribution in [0.25, 0.3) is 0 Å². The molecule has 0 aromatic heterocycles. The van der Waals surface area contributed by atoms with Crippen molar-refractivity contribution in [3.05, 3.63) is 33.4 Å². The Morgan fingerprint density at radius 3 is 2.28 bits per heavy atom. The minimum Gasteiger partial charge on any atom is -0.480 e. The van der Waals surface area contributed by atoms with Crippen molar-refractivity contribution in [2.45, 2.75) is 51.7 Å². The maximum absolute atomic E-state index is 12.8. The van der Waals surface area contributed by atoms with Crippen molar-refractivity contribution >= 4 is 46.3 Å². The summed E-state index contributed by atoms with van der Waals surface area (Å²) < 4.78 is 6.25. The number of carboxylic acids is 1. The van der Waals surface area contributed by atoms with Gasteiger partial charge in [0.15, 0.2) is 5.78 Å². The smallest absolute Gasteiger partial charge is 0.411 e. The second-order valence-electron chi connectivity index (χ2n) is 8.35. The molecule has 3 N–H and O–H groups in total. The Balaban J connectivity index is 2.92. The van der Waals surface area contributed by atoms with Gasteiger partial charge < -0.3 is 20.5 Å². The monoisotopic (exact) mass is 561 g/mol. The fraction of sp³-hybridized carbons (Fsp3) is 0.545. The number of halogens is 1. The minimum absolute atomic E-state index is 0.130. The molecule has 0 aliphatic heterocycles. The van der Waals surface area contributed by atoms with E-state index in [0.717, 1.165) is 14.0 Å². The first-order valence-electron chi connectivity index (χ1n) is 10.3. The zero-order valence-electron chi connectivity index (χ0n) is 18.9. The van der Waals surface area contributed by atoms with Crippen LogP contribution in [0.3, 0.4) is 0 Å². The average Bonchev–Trinajstić information content (AvgIpc) is 2.67. The highest BCUT2D eigenvalue weighted by Crippen LogP contribution is 2.12. The SMILES string of the molecule is CNCCCC(=O)C(Cc1ccc(I)cc1)NC(=O)CN(CC(=O)O)C(=O)OC(C)(C)C. The summed E-state index contributed by atoms with van der Waals surface area (Å²) in [6.45, 7) is 4.37. The largest absolute Gasteiger partial charge is 0.480 e. The molecule has 0 aliphatic carbocycles. The number of hydrogen-bond donors (Lipinski definition) is 3. The van der Waals surface area contributed by atoms with Gasteiger partial charge in [-0.1, -0.05) is 12.1 Å². The first-order chi connectivity index (χ1) is 14.9. The molecule has 0 saturated carbocycles. The highest BCUT2D eigenvalue weighted by atomic mass is 127. The summed E-state index contributed by atoms with van der Waals surface area (Å²) in [5.74, 6) is -2.04. The molecule has 1 aromatic carbocycles. The van der Waals surface area contributed by atoms with Gasteiger partial charge in [-0.05, 0) is 87.5 Å². The van der Waals surface area contributed by atoms with E-state index in [9.17, 15) is 19.2 Å². The van der Waals surface area contributed by atoms with Crippen LogP contribution in [-0.2, 0) is 25.5 Å². The van der Waals surface area contributed by atoms with E-state index >= 15 is 0 Å². The topological polar surface area (TPSA) is 125 Å². The molecule has 1 unspecified atom stereocenters. The van der Waals surface area contributed by atoms with Crippen LogP contribution in [0.2, 0.25) is 0 Å². The number of ketones is 1. The van der Waals surface area contributed by atoms with E-state index in [-0.39, 0.29) is 12.2 Å². The summed E-state index contributed by atoms with van der Waals surface area (Å²) in [7, 11) is 1.79. The van der Waals surface area contributed by atoms with Crippen LogP contribution in [0.4, 0.5) is 4.79 Å². The second kappa shape index (κ2) is 13.4. The summed E-state index contributed by atoms with van der Waals surface area (Å²) in [5, 5.41) is 14.8. The van der Waals surface area contributed by atoms with E-state index in [1.165, 1.54) is 0 Å². The lowest BCUT2D eigenvalue weighted by molar-refractivity contribution is -0.139. The number of Topliss-reactive ketones (excluding diaryl/α,β-unsaturated/α-hetero) is 1. The van der Waals surface area contributed by atoms with Crippen LogP contribution in [-0.4, -0.2) is 72.1 Å². The molecule has 0 aliphatic rings. The predicted octanol–water partition coefficient (Wildman–Crippen LogP) is 2.21. The molecule has 9 nitrogen and oxygen atoms in total. The third-order valence-corrected chi connectivity index (χ3v) is 4.96. The van der Waals surface area contributed by atoms with Crippen LogP contribution in [0.15, 0.2) is 24.3 Å². The van der Waals surface area contributed by atoms with Gasteiger partial charge in [0, 0.05) is 9.99 Å². The van der Waals surface area contributed by atoms with Crippen molar-refractivity contribution in [2.75, 3.05) is 26.7 Å². The molecule has 1 aromatic rings. The molecule has 32 heavy (non-hydrogen) atoms. The van der Waals surface area contributed by atoms with Crippen molar-refractivity contribution in [3.8, 4) is 0 Å². The van der Waals surface area contributed by atoms with E-state index < -0.39 is 42.7 Å². The first-order valence-corrected chi connectivity index (χ1v) is 11.4. The Kier molecular flexibility index (Phi) is 11.6. The molecule has 0 saturated heterocycles. The quantitative estimate of drug-likeness (QED) is 0.264. The lowest BCUT2D eigenvalue weighted by Gasteiger charge is -2.26. The van der Waals surface area contributed by atoms with Crippen LogP contribution in [0, 0.1) is 3.57 Å². The Labute approximate surface area is 202 Å². The summed E-state index contributed by atoms with van der Waals surface area (Å²) in [6, 6.07) is 6.82. The predicted molar refractivity (Wildman–Crippen MR) is 128 cm³/mol. The van der Waals surface area contributed by atoms with Crippen molar-refractivity contribution in [1.82, 2.24) is 15.5 Å². The number of carboxylic acid groups (broad SMARTS) is 1. The Morgan fingerprint density at radius 2 is 1.75 bits per heavy atom. The van der Waals surface area contributed by atoms with E-state index in [4.69, 9.17) is 9.84 Å². The van der Waals surface area contributed by atoms with Gasteiger partial charge in [0.1, 0.15) is 18.7 Å². The fourth-order valence-electron chi connectivity index (χ4n) is 2.80. The zero-order valence-corrected chi connectivity index (χ0v) is 21.1. The maximum atomic E-state index is 12.8. The van der Waals surface area contributed by atoms with Gasteiger partial charge in [-0.3, -0.25) is 19.3 Å². The molecule has 0 spiro atoms. The van der Waals surface area contributed by atoms with E-state index in [2.05, 4.69) is 33.2 Å². The number of amides is 2. The highest BCUT2D eigenvalue weighted by Gasteiger charge is 2.28. The third kappa shape index (κ3) is 11.4. The highest BCUT2D eigenvalue weighted by molar-refractivity contribution is 14.1. The molecule has 10 heteroatoms. The number of nitrogens with zero attached hydrogens (tertiary/aromatic N) is 1. The number of hydrogen-bond acceptors (Lipinski definition) is 6. The first kappa shape index (κ1) is 27.8. The van der Waals surface area contributed by atoms with Crippen molar-refractivity contribution in [3.63, 3.8) is 0 Å². The van der Waals surface area contributed by atoms with Gasteiger partial charge in [0.25, 0.3) is 0 Å². The summed E-state index contributed by atoms with van der Waals surface area (Å²) >= 11 is 2.18. The fourth-order valence-corrected chi connectivity index (χ4v) is 3.16. The molecular formula is C22H32IN3O6. The van der Waals surface area contributed by atoms with Crippen LogP contribution in [0.1, 0.15) is 39.2 Å². The van der Waals surface area contributed by atoms with Crippen LogP contribution >= 0.6 is 22.6 Å². The molecular weight excluding hydrogens is 529 g/mol. The normalized spacial score (nSPS) is 12.0. The molecule has 178 valence electrons. The average molecular weight is 561 g/mol. The number of aliphatic carboxylic acids is 1. The molecule has 0 radical (unpaired) electrons. The van der Waals surface area contributed by atoms with Gasteiger partial charge in [-0.15, -0.1) is 0 Å². The van der Waals surface area contributed by atoms with E-state index in [1.54, 1.807) is 27.8 Å². The van der Waals surface area contributed by atoms with Crippen LogP contribution < -0.4 is 10.6 Å². The third-order valence-electron chi connectivity index (χ3n) is 4.24. The van der Waals surface area contributed by atoms with Gasteiger partial charge in [-0.25, -0.2) is 4.79 Å². The Hall–Kier alpha value is -2.21. The lowest BCUT2D eigenvalue weighted by Crippen LogP contribution is -2.49. The van der Waals surface area contributed by atoms with Gasteiger partial charge in [0.05, 0.1) is 6.04 Å². The molecule has 1 rings (SSSR count). The van der Waals surface area contributed by atoms with Crippen LogP contribution in [0.5, 0.6) is 0 Å². The molecule has 1 atom stereocenters. The van der Waals surface area contributed by atoms with E-state index in [1.807, 2.05) is 24.3 Å². The number of carbonyl (C=O) groups excluding carboxylic acids is 3. The summed E-state index contributed by atoms with van der Waals surface area (Å²) in [6.07, 6.45) is 0.287. The zero-order chi connectivity index (χ0) is 24.3. The number of ether oxygens (including phenoxy) is 1. The Bertz CT molecular complexity index is 792. The summed E-state index contributed by atoms with van der Waals surface area (Å²) in [4.78, 5) is 49.7. The maximum Gasteiger partial charge on any atom is 0.411 e. The molecule has 0 fully saturated rings. The molecule has 2 amide bonds.